The number of aromatic amines is 1. The maximum atomic E-state index is 12.1. The Labute approximate surface area is 100 Å². The molecule has 3 N–H and O–H groups in total. The summed E-state index contributed by atoms with van der Waals surface area (Å²) in [6.07, 6.45) is 2.73. The second kappa shape index (κ2) is 4.58. The third kappa shape index (κ3) is 2.12. The second-order valence-electron chi connectivity index (χ2n) is 4.82. The molecule has 2 aliphatic heterocycles. The zero-order valence-electron chi connectivity index (χ0n) is 9.88. The Morgan fingerprint density at radius 3 is 2.82 bits per heavy atom. The van der Waals surface area contributed by atoms with Gasteiger partial charge in [-0.05, 0) is 25.9 Å². The highest BCUT2D eigenvalue weighted by Crippen LogP contribution is 2.18. The minimum absolute atomic E-state index is 0.0700. The largest absolute Gasteiger partial charge is 0.316 e. The molecule has 1 unspecified atom stereocenters. The molecular formula is C12H18N4O. The Bertz CT molecular complexity index is 462. The Morgan fingerprint density at radius 2 is 2.00 bits per heavy atom. The zero-order chi connectivity index (χ0) is 11.7. The first-order valence-electron chi connectivity index (χ1n) is 6.38. The van der Waals surface area contributed by atoms with Crippen molar-refractivity contribution >= 4 is 0 Å². The minimum Gasteiger partial charge on any atom is -0.316 e. The van der Waals surface area contributed by atoms with Crippen LogP contribution in [0.3, 0.4) is 0 Å². The number of fused-ring (bicyclic) bond motifs is 1. The molecule has 5 nitrogen and oxygen atoms in total. The average molecular weight is 234 g/mol. The average Bonchev–Trinajstić information content (AvgIpc) is 2.75. The van der Waals surface area contributed by atoms with Crippen LogP contribution in [0.1, 0.15) is 29.4 Å². The predicted octanol–water partition coefficient (Wildman–Crippen LogP) is -0.465. The van der Waals surface area contributed by atoms with Crippen LogP contribution in [0.2, 0.25) is 0 Å². The number of nitrogens with zero attached hydrogens (tertiary/aromatic N) is 1. The van der Waals surface area contributed by atoms with E-state index in [9.17, 15) is 4.79 Å². The lowest BCUT2D eigenvalue weighted by Crippen LogP contribution is -2.23. The van der Waals surface area contributed by atoms with Gasteiger partial charge >= 0.3 is 0 Å². The topological polar surface area (TPSA) is 69.8 Å². The molecule has 0 bridgehead atoms. The first-order chi connectivity index (χ1) is 8.34. The molecule has 0 aliphatic carbocycles. The van der Waals surface area contributed by atoms with Crippen molar-refractivity contribution in [2.45, 2.75) is 25.2 Å². The number of hydrogen-bond donors (Lipinski definition) is 3. The predicted molar refractivity (Wildman–Crippen MR) is 65.4 cm³/mol. The van der Waals surface area contributed by atoms with E-state index >= 15 is 0 Å². The molecule has 1 atom stereocenters. The van der Waals surface area contributed by atoms with E-state index in [0.29, 0.717) is 5.92 Å². The molecule has 0 radical (unpaired) electrons. The number of aromatic nitrogens is 2. The van der Waals surface area contributed by atoms with E-state index in [-0.39, 0.29) is 5.56 Å². The summed E-state index contributed by atoms with van der Waals surface area (Å²) in [5.74, 6) is 1.25. The fourth-order valence-electron chi connectivity index (χ4n) is 2.65. The summed E-state index contributed by atoms with van der Waals surface area (Å²) in [6, 6.07) is 0. The van der Waals surface area contributed by atoms with Crippen molar-refractivity contribution < 1.29 is 0 Å². The number of hydrogen-bond acceptors (Lipinski definition) is 4. The highest BCUT2D eigenvalue weighted by atomic mass is 16.1. The van der Waals surface area contributed by atoms with Gasteiger partial charge in [-0.15, -0.1) is 0 Å². The summed E-state index contributed by atoms with van der Waals surface area (Å²) >= 11 is 0. The molecular weight excluding hydrogens is 216 g/mol. The van der Waals surface area contributed by atoms with Gasteiger partial charge in [-0.1, -0.05) is 0 Å². The molecule has 3 heterocycles. The summed E-state index contributed by atoms with van der Waals surface area (Å²) in [7, 11) is 0. The van der Waals surface area contributed by atoms with Crippen LogP contribution in [0.5, 0.6) is 0 Å². The normalized spacial score (nSPS) is 24.4. The maximum absolute atomic E-state index is 12.1. The Hall–Kier alpha value is -1.20. The molecule has 2 aliphatic rings. The summed E-state index contributed by atoms with van der Waals surface area (Å²) in [5.41, 5.74) is 1.95. The zero-order valence-corrected chi connectivity index (χ0v) is 9.88. The molecule has 0 amide bonds. The fraction of sp³-hybridized carbons (Fsp3) is 0.667. The minimum atomic E-state index is 0.0700. The van der Waals surface area contributed by atoms with Crippen LogP contribution >= 0.6 is 0 Å². The SMILES string of the molecule is O=c1[nH]c(C2CCNC2)nc2c1CCNCC2. The fourth-order valence-corrected chi connectivity index (χ4v) is 2.65. The van der Waals surface area contributed by atoms with Gasteiger partial charge < -0.3 is 15.6 Å². The molecule has 0 spiro atoms. The molecule has 5 heteroatoms. The number of nitrogens with one attached hydrogen (secondary N) is 3. The molecule has 1 saturated heterocycles. The molecule has 1 aromatic rings. The van der Waals surface area contributed by atoms with Crippen molar-refractivity contribution in [3.63, 3.8) is 0 Å². The van der Waals surface area contributed by atoms with Crippen LogP contribution in [0.4, 0.5) is 0 Å². The van der Waals surface area contributed by atoms with E-state index in [1.165, 1.54) is 0 Å². The van der Waals surface area contributed by atoms with Crippen LogP contribution in [0.25, 0.3) is 0 Å². The summed E-state index contributed by atoms with van der Waals surface area (Å²) in [6.45, 7) is 3.75. The van der Waals surface area contributed by atoms with Crippen molar-refractivity contribution in [3.8, 4) is 0 Å². The summed E-state index contributed by atoms with van der Waals surface area (Å²) in [4.78, 5) is 19.7. The standard InChI is InChI=1S/C12H18N4O/c17-12-9-2-5-13-6-3-10(9)15-11(16-12)8-1-4-14-7-8/h8,13-14H,1-7H2,(H,15,16,17). The van der Waals surface area contributed by atoms with E-state index in [4.69, 9.17) is 0 Å². The second-order valence-corrected chi connectivity index (χ2v) is 4.82. The highest BCUT2D eigenvalue weighted by molar-refractivity contribution is 5.21. The first-order valence-corrected chi connectivity index (χ1v) is 6.38. The van der Waals surface area contributed by atoms with Crippen LogP contribution < -0.4 is 16.2 Å². The Balaban J connectivity index is 1.99. The van der Waals surface area contributed by atoms with Gasteiger partial charge in [0.2, 0.25) is 0 Å². The van der Waals surface area contributed by atoms with E-state index in [2.05, 4.69) is 20.6 Å². The molecule has 0 saturated carbocycles. The van der Waals surface area contributed by atoms with Gasteiger partial charge in [-0.3, -0.25) is 4.79 Å². The van der Waals surface area contributed by atoms with Crippen LogP contribution in [0, 0.1) is 0 Å². The third-order valence-electron chi connectivity index (χ3n) is 3.66. The van der Waals surface area contributed by atoms with Crippen molar-refractivity contribution in [1.29, 1.82) is 0 Å². The van der Waals surface area contributed by atoms with Crippen LogP contribution in [-0.4, -0.2) is 36.1 Å². The highest BCUT2D eigenvalue weighted by Gasteiger charge is 2.21. The lowest BCUT2D eigenvalue weighted by atomic mass is 10.1. The molecule has 17 heavy (non-hydrogen) atoms. The summed E-state index contributed by atoms with van der Waals surface area (Å²) < 4.78 is 0. The van der Waals surface area contributed by atoms with Gasteiger partial charge in [0.1, 0.15) is 5.82 Å². The van der Waals surface area contributed by atoms with Gasteiger partial charge in [-0.25, -0.2) is 4.98 Å². The van der Waals surface area contributed by atoms with Crippen LogP contribution in [0.15, 0.2) is 4.79 Å². The molecule has 92 valence electrons. The van der Waals surface area contributed by atoms with Crippen molar-refractivity contribution in [3.05, 3.63) is 27.4 Å². The van der Waals surface area contributed by atoms with Gasteiger partial charge in [0.25, 0.3) is 5.56 Å². The molecule has 1 aromatic heterocycles. The molecule has 3 rings (SSSR count). The van der Waals surface area contributed by atoms with Gasteiger partial charge in [0.15, 0.2) is 0 Å². The van der Waals surface area contributed by atoms with Crippen molar-refractivity contribution in [1.82, 2.24) is 20.6 Å². The smallest absolute Gasteiger partial charge is 0.254 e. The lowest BCUT2D eigenvalue weighted by molar-refractivity contribution is 0.680. The maximum Gasteiger partial charge on any atom is 0.254 e. The van der Waals surface area contributed by atoms with Crippen molar-refractivity contribution in [2.75, 3.05) is 26.2 Å². The first kappa shape index (κ1) is 10.9. The van der Waals surface area contributed by atoms with Gasteiger partial charge in [0, 0.05) is 31.0 Å². The number of H-pyrrole nitrogens is 1. The number of rotatable bonds is 1. The Kier molecular flexibility index (Phi) is 2.94. The van der Waals surface area contributed by atoms with E-state index in [1.807, 2.05) is 0 Å². The molecule has 0 aromatic carbocycles. The quantitative estimate of drug-likeness (QED) is 0.615. The van der Waals surface area contributed by atoms with Crippen molar-refractivity contribution in [2.24, 2.45) is 0 Å². The monoisotopic (exact) mass is 234 g/mol. The van der Waals surface area contributed by atoms with Gasteiger partial charge in [-0.2, -0.15) is 0 Å². The van der Waals surface area contributed by atoms with E-state index < -0.39 is 0 Å². The van der Waals surface area contributed by atoms with Crippen LogP contribution in [-0.2, 0) is 12.8 Å². The molecule has 1 fully saturated rings. The van der Waals surface area contributed by atoms with E-state index in [0.717, 1.165) is 62.5 Å². The van der Waals surface area contributed by atoms with Gasteiger partial charge in [0.05, 0.1) is 5.69 Å². The van der Waals surface area contributed by atoms with E-state index in [1.54, 1.807) is 0 Å². The lowest BCUT2D eigenvalue weighted by Gasteiger charge is -2.11. The third-order valence-corrected chi connectivity index (χ3v) is 3.66. The summed E-state index contributed by atoms with van der Waals surface area (Å²) in [5, 5.41) is 6.61. The Morgan fingerprint density at radius 1 is 1.12 bits per heavy atom.